The third-order valence-corrected chi connectivity index (χ3v) is 3.28. The summed E-state index contributed by atoms with van der Waals surface area (Å²) in [6, 6.07) is 14.8. The topological polar surface area (TPSA) is 35.2 Å². The van der Waals surface area contributed by atoms with E-state index in [9.17, 15) is 0 Å². The zero-order valence-electron chi connectivity index (χ0n) is 10.5. The molecule has 0 aliphatic rings. The first-order valence-corrected chi connectivity index (χ1v) is 6.76. The normalized spacial score (nSPS) is 13.9. The Morgan fingerprint density at radius 3 is 2.32 bits per heavy atom. The van der Waals surface area contributed by atoms with Crippen molar-refractivity contribution in [3.05, 3.63) is 64.1 Å². The number of benzene rings is 2. The highest BCUT2D eigenvalue weighted by atomic mass is 35.5. The van der Waals surface area contributed by atoms with E-state index in [0.29, 0.717) is 15.8 Å². The van der Waals surface area contributed by atoms with Gasteiger partial charge in [0.1, 0.15) is 11.9 Å². The second-order valence-corrected chi connectivity index (χ2v) is 5.23. The van der Waals surface area contributed by atoms with Crippen molar-refractivity contribution in [3.63, 3.8) is 0 Å². The van der Waals surface area contributed by atoms with Crippen molar-refractivity contribution in [2.45, 2.75) is 19.1 Å². The number of ether oxygens (including phenoxy) is 1. The van der Waals surface area contributed by atoms with E-state index in [1.54, 1.807) is 18.2 Å². The van der Waals surface area contributed by atoms with Crippen LogP contribution in [0.4, 0.5) is 0 Å². The lowest BCUT2D eigenvalue weighted by Gasteiger charge is -2.23. The molecule has 2 aromatic rings. The van der Waals surface area contributed by atoms with Gasteiger partial charge in [-0.2, -0.15) is 0 Å². The second-order valence-electron chi connectivity index (χ2n) is 4.38. The Balaban J connectivity index is 2.27. The van der Waals surface area contributed by atoms with Crippen LogP contribution in [0.1, 0.15) is 18.6 Å². The molecule has 0 aliphatic heterocycles. The molecule has 0 fully saturated rings. The van der Waals surface area contributed by atoms with Crippen LogP contribution in [0.2, 0.25) is 10.0 Å². The van der Waals surface area contributed by atoms with E-state index in [1.165, 1.54) is 0 Å². The van der Waals surface area contributed by atoms with Crippen molar-refractivity contribution in [3.8, 4) is 5.75 Å². The summed E-state index contributed by atoms with van der Waals surface area (Å²) < 4.78 is 5.93. The zero-order chi connectivity index (χ0) is 13.8. The van der Waals surface area contributed by atoms with Crippen LogP contribution < -0.4 is 10.5 Å². The molecule has 2 atom stereocenters. The van der Waals surface area contributed by atoms with E-state index in [2.05, 4.69) is 0 Å². The van der Waals surface area contributed by atoms with Gasteiger partial charge in [0.2, 0.25) is 0 Å². The molecule has 2 unspecified atom stereocenters. The summed E-state index contributed by atoms with van der Waals surface area (Å²) in [6.45, 7) is 1.90. The Bertz CT molecular complexity index is 543. The quantitative estimate of drug-likeness (QED) is 0.904. The minimum Gasteiger partial charge on any atom is -0.483 e. The van der Waals surface area contributed by atoms with Crippen molar-refractivity contribution in [2.24, 2.45) is 5.73 Å². The van der Waals surface area contributed by atoms with Gasteiger partial charge in [-0.15, -0.1) is 0 Å². The predicted octanol–water partition coefficient (Wildman–Crippen LogP) is 4.46. The van der Waals surface area contributed by atoms with Crippen molar-refractivity contribution in [1.29, 1.82) is 0 Å². The van der Waals surface area contributed by atoms with E-state index >= 15 is 0 Å². The summed E-state index contributed by atoms with van der Waals surface area (Å²) in [5.41, 5.74) is 7.02. The van der Waals surface area contributed by atoms with E-state index in [1.807, 2.05) is 37.3 Å². The van der Waals surface area contributed by atoms with Gasteiger partial charge in [-0.25, -0.2) is 0 Å². The van der Waals surface area contributed by atoms with E-state index in [4.69, 9.17) is 33.7 Å². The van der Waals surface area contributed by atoms with Gasteiger partial charge >= 0.3 is 0 Å². The van der Waals surface area contributed by atoms with Gasteiger partial charge in [-0.1, -0.05) is 53.5 Å². The monoisotopic (exact) mass is 295 g/mol. The molecule has 0 spiro atoms. The predicted molar refractivity (Wildman–Crippen MR) is 79.9 cm³/mol. The number of rotatable bonds is 4. The van der Waals surface area contributed by atoms with Gasteiger partial charge in [0, 0.05) is 11.1 Å². The fourth-order valence-electron chi connectivity index (χ4n) is 1.83. The number of nitrogens with two attached hydrogens (primary N) is 1. The van der Waals surface area contributed by atoms with Gasteiger partial charge in [0.05, 0.1) is 5.02 Å². The molecule has 0 aromatic heterocycles. The highest BCUT2D eigenvalue weighted by molar-refractivity contribution is 6.35. The van der Waals surface area contributed by atoms with Crippen molar-refractivity contribution >= 4 is 23.2 Å². The van der Waals surface area contributed by atoms with Gasteiger partial charge in [0.15, 0.2) is 0 Å². The second kappa shape index (κ2) is 6.29. The number of halogens is 2. The van der Waals surface area contributed by atoms with Crippen LogP contribution in [0.3, 0.4) is 0 Å². The first-order chi connectivity index (χ1) is 9.08. The fraction of sp³-hybridized carbons (Fsp3) is 0.200. The molecule has 19 heavy (non-hydrogen) atoms. The van der Waals surface area contributed by atoms with Crippen LogP contribution in [0.15, 0.2) is 48.5 Å². The lowest BCUT2D eigenvalue weighted by molar-refractivity contribution is 0.180. The summed E-state index contributed by atoms with van der Waals surface area (Å²) >= 11 is 12.0. The summed E-state index contributed by atoms with van der Waals surface area (Å²) in [7, 11) is 0. The standard InChI is InChI=1S/C15H15Cl2NO/c1-10(18)15(11-5-3-2-4-6-11)19-14-8-7-12(16)9-13(14)17/h2-10,15H,18H2,1H3. The average Bonchev–Trinajstić information content (AvgIpc) is 2.38. The van der Waals surface area contributed by atoms with Crippen molar-refractivity contribution in [2.75, 3.05) is 0 Å². The third kappa shape index (κ3) is 3.63. The number of hydrogen-bond acceptors (Lipinski definition) is 2. The maximum absolute atomic E-state index is 6.12. The Labute approximate surface area is 123 Å². The third-order valence-electron chi connectivity index (χ3n) is 2.75. The Morgan fingerprint density at radius 1 is 1.05 bits per heavy atom. The molecule has 0 aliphatic carbocycles. The van der Waals surface area contributed by atoms with E-state index in [-0.39, 0.29) is 12.1 Å². The molecule has 100 valence electrons. The number of hydrogen-bond donors (Lipinski definition) is 1. The fourth-order valence-corrected chi connectivity index (χ4v) is 2.28. The molecule has 0 amide bonds. The average molecular weight is 296 g/mol. The SMILES string of the molecule is CC(N)C(Oc1ccc(Cl)cc1Cl)c1ccccc1. The molecular formula is C15H15Cl2NO. The van der Waals surface area contributed by atoms with Crippen LogP contribution in [0, 0.1) is 0 Å². The molecule has 2 N–H and O–H groups in total. The lowest BCUT2D eigenvalue weighted by atomic mass is 10.0. The Hall–Kier alpha value is -1.22. The molecule has 2 nitrogen and oxygen atoms in total. The van der Waals surface area contributed by atoms with Crippen molar-refractivity contribution in [1.82, 2.24) is 0 Å². The van der Waals surface area contributed by atoms with Crippen LogP contribution >= 0.6 is 23.2 Å². The minimum absolute atomic E-state index is 0.158. The zero-order valence-corrected chi connectivity index (χ0v) is 12.0. The summed E-state index contributed by atoms with van der Waals surface area (Å²) in [4.78, 5) is 0. The van der Waals surface area contributed by atoms with Crippen molar-refractivity contribution < 1.29 is 4.74 Å². The maximum Gasteiger partial charge on any atom is 0.139 e. The summed E-state index contributed by atoms with van der Waals surface area (Å²) in [6.07, 6.45) is -0.250. The molecule has 0 heterocycles. The molecule has 0 saturated carbocycles. The van der Waals surface area contributed by atoms with E-state index < -0.39 is 0 Å². The first-order valence-electron chi connectivity index (χ1n) is 6.00. The molecule has 2 rings (SSSR count). The lowest BCUT2D eigenvalue weighted by Crippen LogP contribution is -2.29. The molecule has 2 aromatic carbocycles. The van der Waals surface area contributed by atoms with Crippen LogP contribution in [0.25, 0.3) is 0 Å². The van der Waals surface area contributed by atoms with Crippen LogP contribution in [-0.2, 0) is 0 Å². The van der Waals surface area contributed by atoms with Gasteiger partial charge in [-0.05, 0) is 30.7 Å². The van der Waals surface area contributed by atoms with E-state index in [0.717, 1.165) is 5.56 Å². The van der Waals surface area contributed by atoms with Gasteiger partial charge < -0.3 is 10.5 Å². The highest BCUT2D eigenvalue weighted by Gasteiger charge is 2.19. The van der Waals surface area contributed by atoms with Crippen LogP contribution in [-0.4, -0.2) is 6.04 Å². The summed E-state index contributed by atoms with van der Waals surface area (Å²) in [5, 5.41) is 1.06. The molecular weight excluding hydrogens is 281 g/mol. The molecule has 0 radical (unpaired) electrons. The molecule has 0 saturated heterocycles. The van der Waals surface area contributed by atoms with Crippen LogP contribution in [0.5, 0.6) is 5.75 Å². The molecule has 0 bridgehead atoms. The summed E-state index contributed by atoms with van der Waals surface area (Å²) in [5.74, 6) is 0.581. The smallest absolute Gasteiger partial charge is 0.139 e. The first kappa shape index (κ1) is 14.2. The Kier molecular flexibility index (Phi) is 4.70. The Morgan fingerprint density at radius 2 is 1.74 bits per heavy atom. The molecule has 4 heteroatoms. The highest BCUT2D eigenvalue weighted by Crippen LogP contribution is 2.32. The minimum atomic E-state index is -0.250. The van der Waals surface area contributed by atoms with Gasteiger partial charge in [-0.3, -0.25) is 0 Å². The largest absolute Gasteiger partial charge is 0.483 e. The maximum atomic E-state index is 6.12. The van der Waals surface area contributed by atoms with Gasteiger partial charge in [0.25, 0.3) is 0 Å².